The third kappa shape index (κ3) is 1.50. The quantitative estimate of drug-likeness (QED) is 0.826. The first kappa shape index (κ1) is 9.78. The Kier molecular flexibility index (Phi) is 2.01. The van der Waals surface area contributed by atoms with Crippen LogP contribution in [0.15, 0.2) is 18.3 Å². The monoisotopic (exact) mass is 216 g/mol. The molecule has 1 aliphatic carbocycles. The molecule has 0 aromatic carbocycles. The number of hydrogen-bond donors (Lipinski definition) is 1. The second kappa shape index (κ2) is 3.28. The van der Waals surface area contributed by atoms with Crippen molar-refractivity contribution in [2.45, 2.75) is 38.1 Å². The Hall–Kier alpha value is -1.42. The Balaban J connectivity index is 1.98. The van der Waals surface area contributed by atoms with Crippen LogP contribution < -0.4 is 5.73 Å². The van der Waals surface area contributed by atoms with Gasteiger partial charge in [0.05, 0.1) is 0 Å². The fraction of sp³-hybridized carbons (Fsp3) is 0.500. The zero-order chi connectivity index (χ0) is 11.2. The van der Waals surface area contributed by atoms with Gasteiger partial charge in [-0.2, -0.15) is 0 Å². The van der Waals surface area contributed by atoms with Gasteiger partial charge in [-0.3, -0.25) is 4.40 Å². The molecule has 0 spiro atoms. The van der Waals surface area contributed by atoms with E-state index in [1.165, 1.54) is 12.0 Å². The van der Waals surface area contributed by atoms with Gasteiger partial charge in [-0.1, -0.05) is 0 Å². The third-order valence-electron chi connectivity index (χ3n) is 3.50. The van der Waals surface area contributed by atoms with Gasteiger partial charge >= 0.3 is 0 Å². The Bertz CT molecular complexity index is 525. The van der Waals surface area contributed by atoms with Crippen LogP contribution in [0, 0.1) is 6.92 Å². The van der Waals surface area contributed by atoms with E-state index in [0.29, 0.717) is 0 Å². The van der Waals surface area contributed by atoms with Gasteiger partial charge in [0.1, 0.15) is 5.82 Å². The molecule has 2 N–H and O–H groups in total. The molecule has 0 amide bonds. The highest BCUT2D eigenvalue weighted by molar-refractivity contribution is 5.40. The lowest BCUT2D eigenvalue weighted by Gasteiger charge is -2.37. The largest absolute Gasteiger partial charge is 0.325 e. The molecule has 4 heteroatoms. The van der Waals surface area contributed by atoms with Crippen molar-refractivity contribution in [2.24, 2.45) is 5.73 Å². The van der Waals surface area contributed by atoms with Crippen LogP contribution in [0.3, 0.4) is 0 Å². The van der Waals surface area contributed by atoms with Crippen molar-refractivity contribution in [3.8, 4) is 0 Å². The van der Waals surface area contributed by atoms with Gasteiger partial charge in [0.2, 0.25) is 0 Å². The van der Waals surface area contributed by atoms with Crippen LogP contribution in [-0.2, 0) is 6.42 Å². The molecule has 0 aliphatic heterocycles. The van der Waals surface area contributed by atoms with Crippen molar-refractivity contribution in [1.29, 1.82) is 0 Å². The standard InChI is InChI=1S/C12H16N4/c1-9-3-6-16-10(7-9)14-15-11(16)8-12(13)4-2-5-12/h3,6-7H,2,4-5,8,13H2,1H3. The van der Waals surface area contributed by atoms with E-state index < -0.39 is 0 Å². The number of hydrogen-bond acceptors (Lipinski definition) is 3. The van der Waals surface area contributed by atoms with Gasteiger partial charge < -0.3 is 5.73 Å². The fourth-order valence-electron chi connectivity index (χ4n) is 2.29. The summed E-state index contributed by atoms with van der Waals surface area (Å²) in [6.07, 6.45) is 6.31. The molecule has 3 rings (SSSR count). The second-order valence-electron chi connectivity index (χ2n) is 4.94. The number of nitrogens with zero attached hydrogens (tertiary/aromatic N) is 3. The minimum atomic E-state index is -0.0339. The Morgan fingerprint density at radius 3 is 2.94 bits per heavy atom. The predicted octanol–water partition coefficient (Wildman–Crippen LogP) is 1.46. The normalized spacial score (nSPS) is 18.6. The Morgan fingerprint density at radius 1 is 1.44 bits per heavy atom. The van der Waals surface area contributed by atoms with E-state index in [-0.39, 0.29) is 5.54 Å². The summed E-state index contributed by atoms with van der Waals surface area (Å²) in [5.74, 6) is 0.984. The van der Waals surface area contributed by atoms with Crippen LogP contribution in [0.1, 0.15) is 30.7 Å². The molecule has 1 fully saturated rings. The van der Waals surface area contributed by atoms with Gasteiger partial charge in [0, 0.05) is 18.2 Å². The van der Waals surface area contributed by atoms with E-state index in [0.717, 1.165) is 30.7 Å². The van der Waals surface area contributed by atoms with Crippen molar-refractivity contribution in [2.75, 3.05) is 0 Å². The maximum absolute atomic E-state index is 6.23. The van der Waals surface area contributed by atoms with Crippen molar-refractivity contribution in [1.82, 2.24) is 14.6 Å². The first-order chi connectivity index (χ1) is 7.66. The molecule has 4 nitrogen and oxygen atoms in total. The number of pyridine rings is 1. The summed E-state index contributed by atoms with van der Waals surface area (Å²) >= 11 is 0. The topological polar surface area (TPSA) is 56.2 Å². The van der Waals surface area contributed by atoms with Gasteiger partial charge in [-0.05, 0) is 43.9 Å². The zero-order valence-corrected chi connectivity index (χ0v) is 9.48. The highest BCUT2D eigenvalue weighted by Gasteiger charge is 2.34. The minimum absolute atomic E-state index is 0.0339. The molecular formula is C12H16N4. The molecule has 1 saturated carbocycles. The molecule has 0 bridgehead atoms. The molecule has 2 aromatic heterocycles. The van der Waals surface area contributed by atoms with Crippen molar-refractivity contribution >= 4 is 5.65 Å². The lowest BCUT2D eigenvalue weighted by Crippen LogP contribution is -2.48. The summed E-state index contributed by atoms with van der Waals surface area (Å²) in [7, 11) is 0. The van der Waals surface area contributed by atoms with Gasteiger partial charge in [-0.25, -0.2) is 0 Å². The second-order valence-corrected chi connectivity index (χ2v) is 4.94. The molecule has 2 heterocycles. The maximum atomic E-state index is 6.23. The fourth-order valence-corrected chi connectivity index (χ4v) is 2.29. The smallest absolute Gasteiger partial charge is 0.161 e. The highest BCUT2D eigenvalue weighted by Crippen LogP contribution is 2.31. The van der Waals surface area contributed by atoms with Gasteiger partial charge in [0.25, 0.3) is 0 Å². The van der Waals surface area contributed by atoms with Crippen LogP contribution in [0.4, 0.5) is 0 Å². The molecular weight excluding hydrogens is 200 g/mol. The molecule has 0 saturated heterocycles. The number of rotatable bonds is 2. The summed E-state index contributed by atoms with van der Waals surface area (Å²) in [5, 5.41) is 8.42. The zero-order valence-electron chi connectivity index (χ0n) is 9.48. The summed E-state index contributed by atoms with van der Waals surface area (Å²) in [4.78, 5) is 0. The first-order valence-electron chi connectivity index (χ1n) is 5.75. The average molecular weight is 216 g/mol. The lowest BCUT2D eigenvalue weighted by atomic mass is 9.75. The van der Waals surface area contributed by atoms with E-state index >= 15 is 0 Å². The van der Waals surface area contributed by atoms with E-state index in [9.17, 15) is 0 Å². The molecule has 1 aliphatic rings. The van der Waals surface area contributed by atoms with Crippen LogP contribution >= 0.6 is 0 Å². The van der Waals surface area contributed by atoms with E-state index in [1.54, 1.807) is 0 Å². The van der Waals surface area contributed by atoms with Crippen LogP contribution in [0.25, 0.3) is 5.65 Å². The van der Waals surface area contributed by atoms with Crippen LogP contribution in [0.2, 0.25) is 0 Å². The molecule has 0 unspecified atom stereocenters. The molecule has 16 heavy (non-hydrogen) atoms. The lowest BCUT2D eigenvalue weighted by molar-refractivity contribution is 0.243. The van der Waals surface area contributed by atoms with Crippen molar-refractivity contribution < 1.29 is 0 Å². The summed E-state index contributed by atoms with van der Waals surface area (Å²) < 4.78 is 2.04. The first-order valence-corrected chi connectivity index (χ1v) is 5.75. The van der Waals surface area contributed by atoms with Gasteiger partial charge in [0.15, 0.2) is 5.65 Å². The number of aryl methyl sites for hydroxylation is 1. The van der Waals surface area contributed by atoms with Gasteiger partial charge in [-0.15, -0.1) is 10.2 Å². The Morgan fingerprint density at radius 2 is 2.25 bits per heavy atom. The summed E-state index contributed by atoms with van der Waals surface area (Å²) in [6.45, 7) is 2.06. The van der Waals surface area contributed by atoms with Crippen molar-refractivity contribution in [3.63, 3.8) is 0 Å². The molecule has 2 aromatic rings. The maximum Gasteiger partial charge on any atom is 0.161 e. The third-order valence-corrected chi connectivity index (χ3v) is 3.50. The summed E-state index contributed by atoms with van der Waals surface area (Å²) in [5.41, 5.74) is 8.32. The summed E-state index contributed by atoms with van der Waals surface area (Å²) in [6, 6.07) is 4.12. The van der Waals surface area contributed by atoms with Crippen LogP contribution in [-0.4, -0.2) is 20.1 Å². The predicted molar refractivity (Wildman–Crippen MR) is 62.2 cm³/mol. The highest BCUT2D eigenvalue weighted by atomic mass is 15.2. The van der Waals surface area contributed by atoms with E-state index in [2.05, 4.69) is 23.2 Å². The number of fused-ring (bicyclic) bond motifs is 1. The Labute approximate surface area is 94.5 Å². The number of nitrogens with two attached hydrogens (primary N) is 1. The van der Waals surface area contributed by atoms with Crippen molar-refractivity contribution in [3.05, 3.63) is 29.7 Å². The molecule has 0 radical (unpaired) electrons. The van der Waals surface area contributed by atoms with E-state index in [1.807, 2.05) is 16.7 Å². The van der Waals surface area contributed by atoms with E-state index in [4.69, 9.17) is 5.73 Å². The molecule has 0 atom stereocenters. The SMILES string of the molecule is Cc1ccn2c(CC3(N)CCC3)nnc2c1. The van der Waals surface area contributed by atoms with Crippen LogP contribution in [0.5, 0.6) is 0 Å². The minimum Gasteiger partial charge on any atom is -0.325 e. The molecule has 84 valence electrons. The number of aromatic nitrogens is 3. The average Bonchev–Trinajstić information content (AvgIpc) is 2.58.